The maximum absolute atomic E-state index is 8.58. The summed E-state index contributed by atoms with van der Waals surface area (Å²) in [6.45, 7) is 0. The first kappa shape index (κ1) is 49.9. The zero-order valence-corrected chi connectivity index (χ0v) is 20.1. The van der Waals surface area contributed by atoms with Crippen LogP contribution in [0.2, 0.25) is 0 Å². The van der Waals surface area contributed by atoms with Crippen LogP contribution < -0.4 is 0 Å². The summed E-state index contributed by atoms with van der Waals surface area (Å²) in [5, 5.41) is 88.5. The van der Waals surface area contributed by atoms with Gasteiger partial charge in [0, 0.05) is 0 Å². The van der Waals surface area contributed by atoms with Crippen molar-refractivity contribution < 1.29 is 103 Å². The van der Waals surface area contributed by atoms with E-state index in [4.69, 9.17) is 96.4 Å². The maximum atomic E-state index is 8.58. The van der Waals surface area contributed by atoms with E-state index in [9.17, 15) is 0 Å². The van der Waals surface area contributed by atoms with Crippen LogP contribution in [-0.2, 0) is 4.47 Å². The smallest absolute Gasteiger partial charge is 4.00 e. The molecule has 0 spiro atoms. The summed E-state index contributed by atoms with van der Waals surface area (Å²) in [6.07, 6.45) is 0. The molecule has 0 aliphatic rings. The van der Waals surface area contributed by atoms with E-state index >= 15 is 0 Å². The molecule has 0 aliphatic carbocycles. The van der Waals surface area contributed by atoms with E-state index in [0.717, 1.165) is 0 Å². The van der Waals surface area contributed by atoms with Crippen molar-refractivity contribution in [3.05, 3.63) is 91.9 Å². The Bertz CT molecular complexity index is 335. The molecular weight excluding hydrogens is 874 g/mol. The van der Waals surface area contributed by atoms with Crippen molar-refractivity contribution in [2.75, 3.05) is 0 Å². The topological polar surface area (TPSA) is 431 Å². The molecule has 0 unspecified atom stereocenters. The zero-order chi connectivity index (χ0) is 24.2. The summed E-state index contributed by atoms with van der Waals surface area (Å²) in [5.41, 5.74) is 0. The van der Waals surface area contributed by atoms with Gasteiger partial charge in [0.05, 0.1) is 30.5 Å². The largest absolute Gasteiger partial charge is 4.00 e. The summed E-state index contributed by atoms with van der Waals surface area (Å²) in [6, 6.07) is 0. The first-order chi connectivity index (χ1) is 11.8. The van der Waals surface area contributed by atoms with Gasteiger partial charge in [0.2, 0.25) is 0 Å². The fourth-order valence-corrected chi connectivity index (χ4v) is 0. The molecule has 0 saturated carbocycles. The first-order valence-electron chi connectivity index (χ1n) is 3.69. The van der Waals surface area contributed by atoms with E-state index < -0.39 is 58.3 Å². The molecule has 0 fully saturated rings. The Kier molecular flexibility index (Phi) is 88.4. The van der Waals surface area contributed by atoms with Crippen LogP contribution in [0.25, 0.3) is 0 Å². The molecule has 0 aliphatic heterocycles. The summed E-state index contributed by atoms with van der Waals surface area (Å²) < 4.78 is 17.2. The van der Waals surface area contributed by atoms with Crippen molar-refractivity contribution in [1.82, 2.24) is 0 Å². The number of nitrogens with zero attached hydrogens (tertiary/aromatic N) is 6. The van der Waals surface area contributed by atoms with Gasteiger partial charge in [0.1, 0.15) is 0 Å². The van der Waals surface area contributed by atoms with Gasteiger partial charge in [0.25, 0.3) is 0 Å². The van der Waals surface area contributed by atoms with E-state index in [2.05, 4.69) is 0 Å². The van der Waals surface area contributed by atoms with Crippen molar-refractivity contribution in [2.24, 2.45) is 0 Å². The van der Waals surface area contributed by atoms with Crippen LogP contribution in [-0.4, -0.2) is 30.5 Å². The van der Waals surface area contributed by atoms with Gasteiger partial charge < -0.3 is 91.9 Å². The summed E-state index contributed by atoms with van der Waals surface area (Å²) >= 11 is -2.51. The van der Waals surface area contributed by atoms with Crippen LogP contribution in [0, 0.1) is 160 Å². The number of hydrogen-bond donors (Lipinski definition) is 0. The minimum absolute atomic E-state index is 0. The molecule has 28 heteroatoms. The fraction of sp³-hybridized carbons (Fsp3) is 0. The van der Waals surface area contributed by atoms with Gasteiger partial charge in [0.15, 0.2) is 0 Å². The standard InChI is InChI=1S/6NO3.2O.Th.U/c6*2-1(3)4;;;;/q6*-1;;;+4;+2. The van der Waals surface area contributed by atoms with Gasteiger partial charge in [-0.1, -0.05) is 0 Å². The summed E-state index contributed by atoms with van der Waals surface area (Å²) in [4.78, 5) is 49.5. The number of hydrogen-bond acceptors (Lipinski definition) is 20. The predicted molar refractivity (Wildman–Crippen MR) is 63.5 cm³/mol. The molecule has 158 valence electrons. The second-order valence-corrected chi connectivity index (χ2v) is 2.12. The van der Waals surface area contributed by atoms with E-state index in [0.29, 0.717) is 0 Å². The predicted octanol–water partition coefficient (Wildman–Crippen LogP) is -1.67. The molecule has 0 aromatic carbocycles. The first-order valence-corrected chi connectivity index (χ1v) is 7.09. The van der Waals surface area contributed by atoms with Gasteiger partial charge in [-0.25, -0.2) is 0 Å². The molecule has 0 aromatic heterocycles. The Morgan fingerprint density at radius 2 is 0.357 bits per heavy atom. The monoisotopic (exact) mass is 874 g/mol. The van der Waals surface area contributed by atoms with Gasteiger partial charge in [-0.3, -0.25) is 0 Å². The molecule has 0 radical (unpaired) electrons. The van der Waals surface area contributed by atoms with Gasteiger partial charge in [-0.2, -0.15) is 0 Å². The molecule has 0 rings (SSSR count). The maximum Gasteiger partial charge on any atom is 4.00 e. The quantitative estimate of drug-likeness (QED) is 0.194. The molecule has 0 atom stereocenters. The molecule has 26 nitrogen and oxygen atoms in total. The zero-order valence-electron chi connectivity index (χ0n) is 11.8. The van der Waals surface area contributed by atoms with Crippen LogP contribution in [0.1, 0.15) is 0 Å². The van der Waals surface area contributed by atoms with E-state index in [1.807, 2.05) is 0 Å². The van der Waals surface area contributed by atoms with Crippen molar-refractivity contribution in [1.29, 1.82) is 0 Å². The molecule has 0 aromatic rings. The molecule has 28 heavy (non-hydrogen) atoms. The minimum Gasteiger partial charge on any atom is 4.00 e. The Morgan fingerprint density at radius 1 is 0.357 bits per heavy atom. The molecule has 0 N–H and O–H groups in total. The molecule has 0 saturated heterocycles. The van der Waals surface area contributed by atoms with E-state index in [1.54, 1.807) is 0 Å². The van der Waals surface area contributed by atoms with Gasteiger partial charge in [-0.15, -0.1) is 0 Å². The van der Waals surface area contributed by atoms with Crippen molar-refractivity contribution in [3.8, 4) is 0 Å². The summed E-state index contributed by atoms with van der Waals surface area (Å²) in [7, 11) is 0. The second-order valence-electron chi connectivity index (χ2n) is 1.42. The Labute approximate surface area is 193 Å². The molecule has 0 heterocycles. The third kappa shape index (κ3) is 1430. The minimum atomic E-state index is -2.51. The average Bonchev–Trinajstić information content (AvgIpc) is 2.22. The average molecular weight is 874 g/mol. The van der Waals surface area contributed by atoms with Crippen LogP contribution in [0.4, 0.5) is 0 Å². The third-order valence-electron chi connectivity index (χ3n) is 0. The third-order valence-corrected chi connectivity index (χ3v) is 0. The Balaban J connectivity index is -0.0000000277. The fourth-order valence-electron chi connectivity index (χ4n) is 0. The van der Waals surface area contributed by atoms with E-state index in [1.165, 1.54) is 0 Å². The normalized spacial score (nSPS) is 5.43. The van der Waals surface area contributed by atoms with Crippen LogP contribution in [0.5, 0.6) is 0 Å². The SMILES string of the molecule is O=[N+]([O-])[O-].O=[N+]([O-])[O-].O=[N+]([O-])[O-].O=[N+]([O-])[O-].O=[N+]([O-])[O-].O=[N+]([O-])[O-].[O]=[U+2]=[O].[Th+4]. The molecular formula is N6O20ThU. The Morgan fingerprint density at radius 3 is 0.357 bits per heavy atom. The van der Waals surface area contributed by atoms with Crippen molar-refractivity contribution in [2.45, 2.75) is 0 Å². The van der Waals surface area contributed by atoms with Gasteiger partial charge in [-0.05, 0) is 0 Å². The van der Waals surface area contributed by atoms with E-state index in [-0.39, 0.29) is 39.9 Å². The second kappa shape index (κ2) is 49.6. The van der Waals surface area contributed by atoms with Gasteiger partial charge >= 0.3 is 72.2 Å². The van der Waals surface area contributed by atoms with Crippen LogP contribution in [0.15, 0.2) is 0 Å². The number of rotatable bonds is 0. The molecule has 0 bridgehead atoms. The van der Waals surface area contributed by atoms with Crippen molar-refractivity contribution >= 4 is 0 Å². The van der Waals surface area contributed by atoms with Crippen molar-refractivity contribution in [3.63, 3.8) is 0 Å². The van der Waals surface area contributed by atoms with Crippen LogP contribution >= 0.6 is 0 Å². The molecule has 0 amide bonds. The Hall–Kier alpha value is -2.82. The van der Waals surface area contributed by atoms with Crippen LogP contribution in [0.3, 0.4) is 0 Å². The summed E-state index contributed by atoms with van der Waals surface area (Å²) in [5.74, 6) is 0.